The first-order chi connectivity index (χ1) is 26.7. The van der Waals surface area contributed by atoms with Crippen molar-refractivity contribution in [3.63, 3.8) is 0 Å². The summed E-state index contributed by atoms with van der Waals surface area (Å²) in [5.41, 5.74) is 18.6. The summed E-state index contributed by atoms with van der Waals surface area (Å²) in [6, 6.07) is 60.3. The number of nitrogens with zero attached hydrogens (tertiary/aromatic N) is 1. The first-order valence-electron chi connectivity index (χ1n) is 19.3. The third-order valence-corrected chi connectivity index (χ3v) is 12.5. The van der Waals surface area contributed by atoms with E-state index in [2.05, 4.69) is 207 Å². The zero-order chi connectivity index (χ0) is 37.1. The molecule has 1 heterocycles. The number of rotatable bonds is 5. The molecule has 0 atom stereocenters. The Bertz CT molecular complexity index is 2880. The summed E-state index contributed by atoms with van der Waals surface area (Å²) in [5.74, 6) is 0. The summed E-state index contributed by atoms with van der Waals surface area (Å²) < 4.78 is 2.41. The van der Waals surface area contributed by atoms with Gasteiger partial charge in [-0.2, -0.15) is 0 Å². The number of aromatic nitrogens is 1. The number of hydrogen-bond donors (Lipinski definition) is 2. The number of anilines is 4. The molecule has 0 amide bonds. The maximum atomic E-state index is 3.80. The van der Waals surface area contributed by atoms with Crippen LogP contribution >= 0.6 is 0 Å². The second kappa shape index (κ2) is 11.5. The molecule has 9 aromatic rings. The minimum absolute atomic E-state index is 0.0528. The van der Waals surface area contributed by atoms with Crippen LogP contribution in [0.5, 0.6) is 0 Å². The molecule has 2 aliphatic carbocycles. The molecule has 2 aliphatic rings. The largest absolute Gasteiger partial charge is 0.355 e. The first kappa shape index (κ1) is 31.9. The van der Waals surface area contributed by atoms with Crippen LogP contribution in [0, 0.1) is 0 Å². The van der Waals surface area contributed by atoms with Crippen molar-refractivity contribution in [1.82, 2.24) is 4.57 Å². The van der Waals surface area contributed by atoms with E-state index in [4.69, 9.17) is 0 Å². The topological polar surface area (TPSA) is 29.0 Å². The molecule has 0 aliphatic heterocycles. The predicted octanol–water partition coefficient (Wildman–Crippen LogP) is 14.0. The molecule has 0 bridgehead atoms. The minimum Gasteiger partial charge on any atom is -0.355 e. The van der Waals surface area contributed by atoms with Gasteiger partial charge in [-0.3, -0.25) is 0 Å². The van der Waals surface area contributed by atoms with Crippen molar-refractivity contribution in [1.29, 1.82) is 0 Å². The van der Waals surface area contributed by atoms with Gasteiger partial charge in [0.2, 0.25) is 0 Å². The van der Waals surface area contributed by atoms with E-state index < -0.39 is 0 Å². The molecule has 55 heavy (non-hydrogen) atoms. The van der Waals surface area contributed by atoms with Crippen LogP contribution in [0.3, 0.4) is 0 Å². The van der Waals surface area contributed by atoms with Gasteiger partial charge < -0.3 is 15.2 Å². The minimum atomic E-state index is -0.0528. The number of nitrogens with one attached hydrogen (secondary N) is 2. The van der Waals surface area contributed by atoms with Crippen molar-refractivity contribution < 1.29 is 0 Å². The molecular formula is C52H41N3. The molecule has 2 N–H and O–H groups in total. The lowest BCUT2D eigenvalue weighted by Gasteiger charge is -2.22. The van der Waals surface area contributed by atoms with E-state index >= 15 is 0 Å². The van der Waals surface area contributed by atoms with E-state index in [-0.39, 0.29) is 10.8 Å². The van der Waals surface area contributed by atoms with Crippen molar-refractivity contribution in [2.24, 2.45) is 0 Å². The molecule has 11 rings (SSSR count). The zero-order valence-corrected chi connectivity index (χ0v) is 31.5. The molecule has 3 nitrogen and oxygen atoms in total. The standard InChI is InChI=1S/C52H41N3/c1-51(2)45-15-9-7-13-39(45)41-23-18-36(30-47(41)51)53-34-20-25-49-43(28-34)44-29-35(21-26-50(44)55(49)38-22-17-32-11-5-6-12-33(32)27-38)54-37-19-24-42-40-14-8-10-16-46(40)52(3,4)48(42)31-37/h5-31,53-54H,1-4H3. The summed E-state index contributed by atoms with van der Waals surface area (Å²) in [5, 5.41) is 12.5. The van der Waals surface area contributed by atoms with Gasteiger partial charge in [0, 0.05) is 50.0 Å². The van der Waals surface area contributed by atoms with Crippen molar-refractivity contribution in [3.8, 4) is 27.9 Å². The van der Waals surface area contributed by atoms with Gasteiger partial charge in [0.25, 0.3) is 0 Å². The van der Waals surface area contributed by atoms with Crippen molar-refractivity contribution >= 4 is 55.3 Å². The maximum Gasteiger partial charge on any atom is 0.0542 e. The van der Waals surface area contributed by atoms with Crippen LogP contribution in [0.25, 0.3) is 60.5 Å². The average Bonchev–Trinajstić information content (AvgIpc) is 3.74. The van der Waals surface area contributed by atoms with Crippen LogP contribution in [0.15, 0.2) is 164 Å². The average molecular weight is 708 g/mol. The van der Waals surface area contributed by atoms with Gasteiger partial charge in [0.1, 0.15) is 0 Å². The Morgan fingerprint density at radius 3 is 1.35 bits per heavy atom. The van der Waals surface area contributed by atoms with Crippen molar-refractivity contribution in [3.05, 3.63) is 186 Å². The molecule has 8 aromatic carbocycles. The van der Waals surface area contributed by atoms with Gasteiger partial charge in [0.15, 0.2) is 0 Å². The molecule has 0 radical (unpaired) electrons. The highest BCUT2D eigenvalue weighted by Gasteiger charge is 2.36. The van der Waals surface area contributed by atoms with E-state index in [1.807, 2.05) is 0 Å². The highest BCUT2D eigenvalue weighted by atomic mass is 15.0. The fourth-order valence-electron chi connectivity index (χ4n) is 9.67. The fraction of sp³-hybridized carbons (Fsp3) is 0.115. The van der Waals surface area contributed by atoms with Gasteiger partial charge in [0.05, 0.1) is 11.0 Å². The third kappa shape index (κ3) is 4.76. The van der Waals surface area contributed by atoms with Gasteiger partial charge in [-0.05, 0) is 128 Å². The molecule has 1 aromatic heterocycles. The fourth-order valence-corrected chi connectivity index (χ4v) is 9.67. The quantitative estimate of drug-likeness (QED) is 0.186. The zero-order valence-electron chi connectivity index (χ0n) is 31.5. The summed E-state index contributed by atoms with van der Waals surface area (Å²) in [6.45, 7) is 9.35. The lowest BCUT2D eigenvalue weighted by molar-refractivity contribution is 0.660. The molecule has 0 saturated carbocycles. The molecular weight excluding hydrogens is 667 g/mol. The Labute approximate surface area is 321 Å². The molecule has 0 spiro atoms. The Kier molecular flexibility index (Phi) is 6.65. The van der Waals surface area contributed by atoms with Gasteiger partial charge in [-0.15, -0.1) is 0 Å². The van der Waals surface area contributed by atoms with Gasteiger partial charge in [-0.1, -0.05) is 119 Å². The molecule has 3 heteroatoms. The monoisotopic (exact) mass is 707 g/mol. The van der Waals surface area contributed by atoms with Crippen LogP contribution in [-0.2, 0) is 10.8 Å². The first-order valence-corrected chi connectivity index (χ1v) is 19.3. The second-order valence-corrected chi connectivity index (χ2v) is 16.4. The SMILES string of the molecule is CC1(C)c2ccccc2-c2ccc(Nc3ccc4c(c3)c3cc(Nc5ccc6c(c5)C(C)(C)c5ccccc5-6)ccc3n4-c3ccc4ccccc4c3)cc21. The smallest absolute Gasteiger partial charge is 0.0542 e. The Morgan fingerprint density at radius 1 is 0.364 bits per heavy atom. The van der Waals surface area contributed by atoms with Crippen LogP contribution in [0.1, 0.15) is 49.9 Å². The maximum absolute atomic E-state index is 3.80. The van der Waals surface area contributed by atoms with E-state index in [0.29, 0.717) is 0 Å². The normalized spacial score (nSPS) is 14.5. The van der Waals surface area contributed by atoms with Gasteiger partial charge in [-0.25, -0.2) is 0 Å². The van der Waals surface area contributed by atoms with Crippen molar-refractivity contribution in [2.45, 2.75) is 38.5 Å². The lowest BCUT2D eigenvalue weighted by atomic mass is 9.82. The Morgan fingerprint density at radius 2 is 0.800 bits per heavy atom. The number of hydrogen-bond acceptors (Lipinski definition) is 2. The van der Waals surface area contributed by atoms with Gasteiger partial charge >= 0.3 is 0 Å². The van der Waals surface area contributed by atoms with Crippen LogP contribution in [-0.4, -0.2) is 4.57 Å². The van der Waals surface area contributed by atoms with Crippen LogP contribution in [0.2, 0.25) is 0 Å². The Balaban J connectivity index is 1.01. The molecule has 0 saturated heterocycles. The van der Waals surface area contributed by atoms with E-state index in [1.165, 1.54) is 77.1 Å². The summed E-state index contributed by atoms with van der Waals surface area (Å²) >= 11 is 0. The predicted molar refractivity (Wildman–Crippen MR) is 233 cm³/mol. The second-order valence-electron chi connectivity index (χ2n) is 16.4. The van der Waals surface area contributed by atoms with E-state index in [1.54, 1.807) is 0 Å². The van der Waals surface area contributed by atoms with E-state index in [9.17, 15) is 0 Å². The number of benzene rings is 8. The molecule has 0 unspecified atom stereocenters. The molecule has 0 fully saturated rings. The number of fused-ring (bicyclic) bond motifs is 10. The summed E-state index contributed by atoms with van der Waals surface area (Å²) in [6.07, 6.45) is 0. The summed E-state index contributed by atoms with van der Waals surface area (Å²) in [7, 11) is 0. The highest BCUT2D eigenvalue weighted by Crippen LogP contribution is 2.51. The van der Waals surface area contributed by atoms with Crippen LogP contribution < -0.4 is 10.6 Å². The van der Waals surface area contributed by atoms with E-state index in [0.717, 1.165) is 28.4 Å². The highest BCUT2D eigenvalue weighted by molar-refractivity contribution is 6.11. The van der Waals surface area contributed by atoms with Crippen LogP contribution in [0.4, 0.5) is 22.7 Å². The summed E-state index contributed by atoms with van der Waals surface area (Å²) in [4.78, 5) is 0. The Hall–Kier alpha value is -6.58. The lowest BCUT2D eigenvalue weighted by Crippen LogP contribution is -2.15. The van der Waals surface area contributed by atoms with Crippen molar-refractivity contribution in [2.75, 3.05) is 10.6 Å². The molecule has 264 valence electrons. The third-order valence-electron chi connectivity index (χ3n) is 12.5.